The molecule has 74 valence electrons. The molecule has 0 aliphatic heterocycles. The van der Waals surface area contributed by atoms with Crippen molar-refractivity contribution < 1.29 is 0 Å². The molecule has 0 saturated carbocycles. The van der Waals surface area contributed by atoms with Crippen molar-refractivity contribution in [2.45, 2.75) is 0 Å². The third-order valence-electron chi connectivity index (χ3n) is 2.17. The molecule has 0 fully saturated rings. The molecule has 1 aromatic carbocycles. The molecule has 1 aliphatic carbocycles. The first kappa shape index (κ1) is 9.46. The maximum absolute atomic E-state index is 5.80. The van der Waals surface area contributed by atoms with E-state index in [0.29, 0.717) is 5.69 Å². The molecule has 0 saturated heterocycles. The number of nitrogens with two attached hydrogens (primary N) is 1. The highest BCUT2D eigenvalue weighted by Crippen LogP contribution is 2.22. The summed E-state index contributed by atoms with van der Waals surface area (Å²) in [6, 6.07) is 7.54. The van der Waals surface area contributed by atoms with E-state index in [9.17, 15) is 0 Å². The van der Waals surface area contributed by atoms with E-state index in [1.54, 1.807) is 0 Å². The SMILES string of the molecule is C=C1C=CC=C/C1=N/c1ccccc1N. The van der Waals surface area contributed by atoms with E-state index < -0.39 is 0 Å². The Morgan fingerprint density at radius 1 is 1.07 bits per heavy atom. The number of nitrogens with zero attached hydrogens (tertiary/aromatic N) is 1. The van der Waals surface area contributed by atoms with E-state index in [1.807, 2.05) is 48.6 Å². The van der Waals surface area contributed by atoms with Crippen LogP contribution in [0.1, 0.15) is 0 Å². The van der Waals surface area contributed by atoms with Crippen molar-refractivity contribution >= 4 is 17.1 Å². The summed E-state index contributed by atoms with van der Waals surface area (Å²) >= 11 is 0. The van der Waals surface area contributed by atoms with Crippen LogP contribution >= 0.6 is 0 Å². The summed E-state index contributed by atoms with van der Waals surface area (Å²) in [6.45, 7) is 3.91. The van der Waals surface area contributed by atoms with Crippen molar-refractivity contribution in [1.82, 2.24) is 0 Å². The molecule has 0 aromatic heterocycles. The minimum atomic E-state index is 0.681. The van der Waals surface area contributed by atoms with Crippen LogP contribution in [0.3, 0.4) is 0 Å². The predicted octanol–water partition coefficient (Wildman–Crippen LogP) is 3.02. The van der Waals surface area contributed by atoms with E-state index in [1.165, 1.54) is 0 Å². The Labute approximate surface area is 89.1 Å². The largest absolute Gasteiger partial charge is 0.397 e. The molecule has 1 aliphatic rings. The van der Waals surface area contributed by atoms with Crippen LogP contribution in [0.5, 0.6) is 0 Å². The second kappa shape index (κ2) is 3.96. The average molecular weight is 196 g/mol. The van der Waals surface area contributed by atoms with Gasteiger partial charge < -0.3 is 5.73 Å². The number of nitrogen functional groups attached to an aromatic ring is 1. The number of benzene rings is 1. The number of para-hydroxylation sites is 2. The van der Waals surface area contributed by atoms with Crippen LogP contribution in [-0.2, 0) is 0 Å². The molecule has 1 aromatic rings. The highest BCUT2D eigenvalue weighted by Gasteiger charge is 2.02. The second-order valence-electron chi connectivity index (χ2n) is 3.30. The molecule has 0 heterocycles. The Hall–Kier alpha value is -2.09. The molecular formula is C13H12N2. The van der Waals surface area contributed by atoms with Gasteiger partial charge in [-0.05, 0) is 23.8 Å². The van der Waals surface area contributed by atoms with Crippen molar-refractivity contribution in [1.29, 1.82) is 0 Å². The lowest BCUT2D eigenvalue weighted by Gasteiger charge is -2.05. The Morgan fingerprint density at radius 2 is 1.80 bits per heavy atom. The van der Waals surface area contributed by atoms with Gasteiger partial charge in [0.1, 0.15) is 0 Å². The lowest BCUT2D eigenvalue weighted by molar-refractivity contribution is 1.50. The molecule has 2 nitrogen and oxygen atoms in total. The Morgan fingerprint density at radius 3 is 2.53 bits per heavy atom. The van der Waals surface area contributed by atoms with Crippen molar-refractivity contribution in [3.8, 4) is 0 Å². The fourth-order valence-corrected chi connectivity index (χ4v) is 1.34. The van der Waals surface area contributed by atoms with Gasteiger partial charge >= 0.3 is 0 Å². The fourth-order valence-electron chi connectivity index (χ4n) is 1.34. The monoisotopic (exact) mass is 196 g/mol. The highest BCUT2D eigenvalue weighted by atomic mass is 14.8. The van der Waals surface area contributed by atoms with Crippen LogP contribution in [-0.4, -0.2) is 5.71 Å². The van der Waals surface area contributed by atoms with Gasteiger partial charge in [-0.1, -0.05) is 36.9 Å². The summed E-state index contributed by atoms with van der Waals surface area (Å²) in [7, 11) is 0. The molecule has 2 N–H and O–H groups in total. The average Bonchev–Trinajstić information content (AvgIpc) is 2.24. The fraction of sp³-hybridized carbons (Fsp3) is 0. The third kappa shape index (κ3) is 2.05. The summed E-state index contributed by atoms with van der Waals surface area (Å²) in [5.41, 5.74) is 9.03. The standard InChI is InChI=1S/C13H12N2/c1-10-6-2-4-8-12(10)15-13-9-5-3-7-11(13)14/h2-9H,1,14H2/b15-12-. The predicted molar refractivity (Wildman–Crippen MR) is 65.4 cm³/mol. The smallest absolute Gasteiger partial charge is 0.0866 e. The second-order valence-corrected chi connectivity index (χ2v) is 3.30. The first-order valence-electron chi connectivity index (χ1n) is 4.74. The van der Waals surface area contributed by atoms with Crippen LogP contribution < -0.4 is 5.73 Å². The first-order chi connectivity index (χ1) is 7.27. The summed E-state index contributed by atoms with van der Waals surface area (Å²) in [5, 5.41) is 0. The van der Waals surface area contributed by atoms with Gasteiger partial charge in [0.05, 0.1) is 17.1 Å². The Bertz CT molecular complexity index is 479. The molecular weight excluding hydrogens is 184 g/mol. The molecule has 2 rings (SSSR count). The summed E-state index contributed by atoms with van der Waals surface area (Å²) in [6.07, 6.45) is 7.73. The molecule has 0 bridgehead atoms. The zero-order valence-electron chi connectivity index (χ0n) is 8.35. The van der Waals surface area contributed by atoms with Crippen LogP contribution in [0.4, 0.5) is 11.4 Å². The quantitative estimate of drug-likeness (QED) is 0.689. The van der Waals surface area contributed by atoms with Crippen molar-refractivity contribution in [2.75, 3.05) is 5.73 Å². The molecule has 0 amide bonds. The van der Waals surface area contributed by atoms with Gasteiger partial charge in [0.2, 0.25) is 0 Å². The molecule has 0 unspecified atom stereocenters. The minimum absolute atomic E-state index is 0.681. The lowest BCUT2D eigenvalue weighted by atomic mass is 10.1. The molecule has 0 atom stereocenters. The summed E-state index contributed by atoms with van der Waals surface area (Å²) < 4.78 is 0. The van der Waals surface area contributed by atoms with Gasteiger partial charge in [-0.3, -0.25) is 0 Å². The van der Waals surface area contributed by atoms with Crippen molar-refractivity contribution in [3.05, 3.63) is 60.7 Å². The first-order valence-corrected chi connectivity index (χ1v) is 4.74. The summed E-state index contributed by atoms with van der Waals surface area (Å²) in [5.74, 6) is 0. The maximum atomic E-state index is 5.80. The number of allylic oxidation sites excluding steroid dienone is 5. The van der Waals surface area contributed by atoms with Gasteiger partial charge in [0.15, 0.2) is 0 Å². The van der Waals surface area contributed by atoms with Crippen LogP contribution in [0.2, 0.25) is 0 Å². The van der Waals surface area contributed by atoms with Crippen LogP contribution in [0.15, 0.2) is 65.7 Å². The molecule has 15 heavy (non-hydrogen) atoms. The van der Waals surface area contributed by atoms with E-state index in [4.69, 9.17) is 5.73 Å². The number of aliphatic imine (C=N–C) groups is 1. The maximum Gasteiger partial charge on any atom is 0.0866 e. The van der Waals surface area contributed by atoms with E-state index >= 15 is 0 Å². The zero-order valence-corrected chi connectivity index (χ0v) is 8.35. The molecule has 0 radical (unpaired) electrons. The van der Waals surface area contributed by atoms with E-state index in [0.717, 1.165) is 17.0 Å². The number of rotatable bonds is 1. The van der Waals surface area contributed by atoms with E-state index in [2.05, 4.69) is 11.6 Å². The van der Waals surface area contributed by atoms with E-state index in [-0.39, 0.29) is 0 Å². The number of anilines is 1. The zero-order chi connectivity index (χ0) is 10.7. The normalized spacial score (nSPS) is 17.3. The lowest BCUT2D eigenvalue weighted by Crippen LogP contribution is -1.98. The topological polar surface area (TPSA) is 38.4 Å². The highest BCUT2D eigenvalue weighted by molar-refractivity contribution is 6.12. The Balaban J connectivity index is 2.39. The Kier molecular flexibility index (Phi) is 2.50. The number of hydrogen-bond acceptors (Lipinski definition) is 2. The minimum Gasteiger partial charge on any atom is -0.397 e. The van der Waals surface area contributed by atoms with Gasteiger partial charge in [-0.15, -0.1) is 0 Å². The molecule has 0 spiro atoms. The van der Waals surface area contributed by atoms with Gasteiger partial charge in [0.25, 0.3) is 0 Å². The number of hydrogen-bond donors (Lipinski definition) is 1. The van der Waals surface area contributed by atoms with Crippen LogP contribution in [0, 0.1) is 0 Å². The van der Waals surface area contributed by atoms with Crippen molar-refractivity contribution in [3.63, 3.8) is 0 Å². The summed E-state index contributed by atoms with van der Waals surface area (Å²) in [4.78, 5) is 4.45. The molecule has 2 heteroatoms. The van der Waals surface area contributed by atoms with Gasteiger partial charge in [0, 0.05) is 0 Å². The third-order valence-corrected chi connectivity index (χ3v) is 2.17. The van der Waals surface area contributed by atoms with Gasteiger partial charge in [-0.25, -0.2) is 4.99 Å². The van der Waals surface area contributed by atoms with Crippen molar-refractivity contribution in [2.24, 2.45) is 4.99 Å². The van der Waals surface area contributed by atoms with Crippen LogP contribution in [0.25, 0.3) is 0 Å². The van der Waals surface area contributed by atoms with Gasteiger partial charge in [-0.2, -0.15) is 0 Å².